The Balaban J connectivity index is 2.02. The predicted molar refractivity (Wildman–Crippen MR) is 87.3 cm³/mol. The first-order chi connectivity index (χ1) is 11.8. The van der Waals surface area contributed by atoms with Gasteiger partial charge in [-0.1, -0.05) is 6.07 Å². The molecule has 2 aromatic carbocycles. The third-order valence-corrected chi connectivity index (χ3v) is 3.80. The lowest BCUT2D eigenvalue weighted by atomic mass is 9.92. The number of carbonyl (C=O) groups excluding carboxylic acids is 1. The number of rotatable bonds is 3. The molecule has 2 aromatic rings. The van der Waals surface area contributed by atoms with Crippen molar-refractivity contribution in [3.8, 4) is 28.7 Å². The molecular formula is C18H18O7. The molecule has 2 unspecified atom stereocenters. The van der Waals surface area contributed by atoms with Crippen molar-refractivity contribution >= 4 is 5.78 Å². The molecule has 0 amide bonds. The molecule has 0 fully saturated rings. The Labute approximate surface area is 143 Å². The van der Waals surface area contributed by atoms with Gasteiger partial charge in [0.15, 0.2) is 23.7 Å². The number of phenolic OH excluding ortho intramolecular Hbond substituents is 3. The second-order valence-electron chi connectivity index (χ2n) is 6.08. The number of Topliss-reactive ketones (excluding diaryl/α,β-unsaturated/α-hetero) is 1. The molecule has 0 aliphatic carbocycles. The third-order valence-electron chi connectivity index (χ3n) is 3.80. The van der Waals surface area contributed by atoms with Crippen molar-refractivity contribution in [2.24, 2.45) is 0 Å². The number of benzene rings is 2. The van der Waals surface area contributed by atoms with Crippen LogP contribution in [0.15, 0.2) is 30.3 Å². The van der Waals surface area contributed by atoms with Gasteiger partial charge in [0.25, 0.3) is 0 Å². The summed E-state index contributed by atoms with van der Waals surface area (Å²) < 4.78 is 11.1. The number of carbonyl (C=O) groups is 1. The number of hydrogen-bond acceptors (Lipinski definition) is 7. The Morgan fingerprint density at radius 2 is 1.80 bits per heavy atom. The van der Waals surface area contributed by atoms with Crippen LogP contribution in [-0.2, 0) is 0 Å². The highest BCUT2D eigenvalue weighted by Gasteiger charge is 2.39. The normalized spacial score (nSPS) is 19.4. The van der Waals surface area contributed by atoms with E-state index in [0.29, 0.717) is 5.56 Å². The Kier molecular flexibility index (Phi) is 4.18. The number of aliphatic hydroxyl groups excluding tert-OH is 1. The van der Waals surface area contributed by atoms with Gasteiger partial charge >= 0.3 is 0 Å². The molecule has 7 nitrogen and oxygen atoms in total. The first-order valence-electron chi connectivity index (χ1n) is 7.72. The zero-order chi connectivity index (χ0) is 18.3. The van der Waals surface area contributed by atoms with Crippen LogP contribution >= 0.6 is 0 Å². The maximum Gasteiger partial charge on any atom is 0.202 e. The number of aliphatic hydroxyl groups is 1. The molecule has 25 heavy (non-hydrogen) atoms. The first kappa shape index (κ1) is 16.9. The van der Waals surface area contributed by atoms with Crippen molar-refractivity contribution in [1.29, 1.82) is 0 Å². The topological polar surface area (TPSA) is 116 Å². The van der Waals surface area contributed by atoms with E-state index >= 15 is 0 Å². The minimum atomic E-state index is -1.56. The van der Waals surface area contributed by atoms with Crippen molar-refractivity contribution in [2.75, 3.05) is 0 Å². The summed E-state index contributed by atoms with van der Waals surface area (Å²) in [5, 5.41) is 39.6. The molecule has 7 heteroatoms. The fourth-order valence-electron chi connectivity index (χ4n) is 2.72. The fraction of sp³-hybridized carbons (Fsp3) is 0.278. The van der Waals surface area contributed by atoms with Crippen molar-refractivity contribution in [2.45, 2.75) is 32.2 Å². The second-order valence-corrected chi connectivity index (χ2v) is 6.08. The quantitative estimate of drug-likeness (QED) is 0.673. The van der Waals surface area contributed by atoms with Gasteiger partial charge in [-0.3, -0.25) is 4.79 Å². The average molecular weight is 346 g/mol. The maximum atomic E-state index is 12.4. The highest BCUT2D eigenvalue weighted by atomic mass is 16.5. The van der Waals surface area contributed by atoms with Crippen LogP contribution in [0, 0.1) is 0 Å². The molecule has 2 atom stereocenters. The molecule has 4 N–H and O–H groups in total. The molecule has 1 aliphatic heterocycles. The number of aromatic hydroxyl groups is 3. The molecule has 3 rings (SSSR count). The highest BCUT2D eigenvalue weighted by molar-refractivity contribution is 6.05. The largest absolute Gasteiger partial charge is 0.508 e. The van der Waals surface area contributed by atoms with Gasteiger partial charge in [-0.05, 0) is 31.5 Å². The van der Waals surface area contributed by atoms with Crippen LogP contribution in [0.2, 0.25) is 0 Å². The summed E-state index contributed by atoms with van der Waals surface area (Å²) in [6.07, 6.45) is -2.81. The van der Waals surface area contributed by atoms with Crippen molar-refractivity contribution in [3.05, 3.63) is 41.5 Å². The van der Waals surface area contributed by atoms with Gasteiger partial charge in [-0.15, -0.1) is 0 Å². The van der Waals surface area contributed by atoms with Gasteiger partial charge in [0.2, 0.25) is 5.78 Å². The van der Waals surface area contributed by atoms with Crippen LogP contribution in [0.1, 0.15) is 35.9 Å². The van der Waals surface area contributed by atoms with E-state index in [1.54, 1.807) is 13.8 Å². The van der Waals surface area contributed by atoms with E-state index in [9.17, 15) is 25.2 Å². The number of ketones is 1. The summed E-state index contributed by atoms with van der Waals surface area (Å²) in [5.74, 6) is -1.37. The molecule has 0 aromatic heterocycles. The Morgan fingerprint density at radius 3 is 2.48 bits per heavy atom. The molecule has 0 radical (unpaired) electrons. The van der Waals surface area contributed by atoms with Crippen LogP contribution in [-0.4, -0.2) is 38.4 Å². The molecule has 1 aliphatic rings. The Bertz CT molecular complexity index is 828. The number of hydrogen-bond donors (Lipinski definition) is 4. The van der Waals surface area contributed by atoms with Crippen molar-refractivity contribution < 1.29 is 34.7 Å². The van der Waals surface area contributed by atoms with Gasteiger partial charge in [0.1, 0.15) is 22.8 Å². The van der Waals surface area contributed by atoms with Gasteiger partial charge < -0.3 is 29.9 Å². The van der Waals surface area contributed by atoms with Gasteiger partial charge in [-0.2, -0.15) is 0 Å². The van der Waals surface area contributed by atoms with Gasteiger partial charge in [-0.25, -0.2) is 0 Å². The first-order valence-corrected chi connectivity index (χ1v) is 7.72. The summed E-state index contributed by atoms with van der Waals surface area (Å²) >= 11 is 0. The van der Waals surface area contributed by atoms with Crippen LogP contribution in [0.5, 0.6) is 28.7 Å². The molecule has 0 spiro atoms. The van der Waals surface area contributed by atoms with E-state index < -0.39 is 23.7 Å². The fourth-order valence-corrected chi connectivity index (χ4v) is 2.72. The predicted octanol–water partition coefficient (Wildman–Crippen LogP) is 2.27. The van der Waals surface area contributed by atoms with Gasteiger partial charge in [0, 0.05) is 12.1 Å². The summed E-state index contributed by atoms with van der Waals surface area (Å²) in [5.41, 5.74) is 0.224. The molecule has 1 heterocycles. The molecule has 0 saturated heterocycles. The Morgan fingerprint density at radius 1 is 1.08 bits per heavy atom. The van der Waals surface area contributed by atoms with E-state index in [4.69, 9.17) is 9.47 Å². The van der Waals surface area contributed by atoms with E-state index in [0.717, 1.165) is 6.07 Å². The van der Waals surface area contributed by atoms with Crippen LogP contribution in [0.3, 0.4) is 0 Å². The minimum absolute atomic E-state index is 0.0304. The second kappa shape index (κ2) is 6.18. The number of fused-ring (bicyclic) bond motifs is 1. The molecule has 132 valence electrons. The molecule has 0 bridgehead atoms. The monoisotopic (exact) mass is 346 g/mol. The van der Waals surface area contributed by atoms with Crippen LogP contribution in [0.4, 0.5) is 0 Å². The Hall–Kier alpha value is -2.93. The highest BCUT2D eigenvalue weighted by Crippen LogP contribution is 2.42. The third kappa shape index (κ3) is 3.06. The lowest BCUT2D eigenvalue weighted by Crippen LogP contribution is -2.36. The molecule has 0 saturated carbocycles. The number of ether oxygens (including phenoxy) is 2. The SMILES string of the molecule is CC(C)Oc1cc(C2Oc3cc(O)cc(O)c3C(=O)C2O)ccc1O. The van der Waals surface area contributed by atoms with E-state index in [1.165, 1.54) is 24.3 Å². The molecular weight excluding hydrogens is 328 g/mol. The van der Waals surface area contributed by atoms with E-state index in [2.05, 4.69) is 0 Å². The van der Waals surface area contributed by atoms with E-state index in [-0.39, 0.29) is 34.7 Å². The summed E-state index contributed by atoms with van der Waals surface area (Å²) in [4.78, 5) is 12.4. The smallest absolute Gasteiger partial charge is 0.202 e. The maximum absolute atomic E-state index is 12.4. The van der Waals surface area contributed by atoms with Crippen LogP contribution in [0.25, 0.3) is 0 Å². The van der Waals surface area contributed by atoms with E-state index in [1.807, 2.05) is 0 Å². The zero-order valence-electron chi connectivity index (χ0n) is 13.6. The summed E-state index contributed by atoms with van der Waals surface area (Å²) in [6, 6.07) is 6.55. The lowest BCUT2D eigenvalue weighted by Gasteiger charge is -2.30. The minimum Gasteiger partial charge on any atom is -0.508 e. The van der Waals surface area contributed by atoms with Crippen molar-refractivity contribution in [3.63, 3.8) is 0 Å². The standard InChI is InChI=1S/C18H18O7/c1-8(2)24-13-5-9(3-4-11(13)20)18-17(23)16(22)15-12(21)6-10(19)7-14(15)25-18/h3-8,17-21,23H,1-2H3. The number of phenols is 3. The average Bonchev–Trinajstić information content (AvgIpc) is 2.52. The van der Waals surface area contributed by atoms with Crippen LogP contribution < -0.4 is 9.47 Å². The summed E-state index contributed by atoms with van der Waals surface area (Å²) in [7, 11) is 0. The zero-order valence-corrected chi connectivity index (χ0v) is 13.6. The lowest BCUT2D eigenvalue weighted by molar-refractivity contribution is 0.0209. The van der Waals surface area contributed by atoms with Gasteiger partial charge in [0.05, 0.1) is 6.10 Å². The van der Waals surface area contributed by atoms with Crippen molar-refractivity contribution in [1.82, 2.24) is 0 Å². The summed E-state index contributed by atoms with van der Waals surface area (Å²) in [6.45, 7) is 3.59.